The number of H-pyrrole nitrogens is 2. The number of nitro groups is 1. The van der Waals surface area contributed by atoms with Crippen LogP contribution in [0.3, 0.4) is 0 Å². The molecular formula is C17H16N4O5. The fourth-order valence-electron chi connectivity index (χ4n) is 2.47. The van der Waals surface area contributed by atoms with E-state index in [1.54, 1.807) is 31.2 Å². The Kier molecular flexibility index (Phi) is 4.44. The number of aromatic nitrogens is 2. The summed E-state index contributed by atoms with van der Waals surface area (Å²) in [6, 6.07) is 9.41. The van der Waals surface area contributed by atoms with Gasteiger partial charge in [0.1, 0.15) is 0 Å². The Labute approximate surface area is 147 Å². The highest BCUT2D eigenvalue weighted by molar-refractivity contribution is 5.95. The van der Waals surface area contributed by atoms with Crippen molar-refractivity contribution in [1.82, 2.24) is 9.97 Å². The molecule has 134 valence electrons. The van der Waals surface area contributed by atoms with Gasteiger partial charge in [-0.15, -0.1) is 0 Å². The van der Waals surface area contributed by atoms with Crippen molar-refractivity contribution in [3.05, 3.63) is 62.6 Å². The number of carbonyl (C=O) groups excluding carboxylic acids is 1. The van der Waals surface area contributed by atoms with Crippen molar-refractivity contribution >= 4 is 28.3 Å². The molecule has 0 radical (unpaired) electrons. The highest BCUT2D eigenvalue weighted by Gasteiger charge is 2.21. The predicted octanol–water partition coefficient (Wildman–Crippen LogP) is 2.48. The molecule has 0 unspecified atom stereocenters. The van der Waals surface area contributed by atoms with Gasteiger partial charge in [0.05, 0.1) is 16.0 Å². The Hall–Kier alpha value is -3.62. The minimum Gasteiger partial charge on any atom is -0.474 e. The molecule has 0 aliphatic heterocycles. The number of benzene rings is 2. The topological polar surface area (TPSA) is 130 Å². The molecule has 0 aliphatic rings. The Bertz CT molecular complexity index is 1050. The molecule has 0 saturated heterocycles. The Balaban J connectivity index is 1.75. The number of carbonyl (C=O) groups is 1. The van der Waals surface area contributed by atoms with Gasteiger partial charge in [0, 0.05) is 11.8 Å². The SMILES string of the molecule is Cc1ccc(O[C@@H](C)C(=O)Nc2ccc3[nH]c(=O)[nH]c3c2)c([N+](=O)[O-])c1. The maximum Gasteiger partial charge on any atom is 0.323 e. The molecule has 3 aromatic rings. The van der Waals surface area contributed by atoms with Crippen LogP contribution in [0.15, 0.2) is 41.2 Å². The van der Waals surface area contributed by atoms with Crippen molar-refractivity contribution in [2.75, 3.05) is 5.32 Å². The standard InChI is InChI=1S/C17H16N4O5/c1-9-3-6-15(14(7-9)21(24)25)26-10(2)16(22)18-11-4-5-12-13(8-11)20-17(23)19-12/h3-8,10H,1-2H3,(H,18,22)(H2,19,20,23)/t10-/m0/s1. The van der Waals surface area contributed by atoms with E-state index in [1.165, 1.54) is 19.1 Å². The van der Waals surface area contributed by atoms with Gasteiger partial charge in [0.15, 0.2) is 11.9 Å². The third-order valence-electron chi connectivity index (χ3n) is 3.77. The highest BCUT2D eigenvalue weighted by atomic mass is 16.6. The molecule has 0 saturated carbocycles. The third kappa shape index (κ3) is 3.56. The van der Waals surface area contributed by atoms with Gasteiger partial charge in [-0.05, 0) is 43.7 Å². The number of hydrogen-bond acceptors (Lipinski definition) is 5. The minimum atomic E-state index is -0.961. The Morgan fingerprint density at radius 3 is 2.65 bits per heavy atom. The second-order valence-electron chi connectivity index (χ2n) is 5.82. The van der Waals surface area contributed by atoms with Crippen LogP contribution in [0.2, 0.25) is 0 Å². The van der Waals surface area contributed by atoms with E-state index in [-0.39, 0.29) is 17.1 Å². The van der Waals surface area contributed by atoms with Gasteiger partial charge < -0.3 is 20.0 Å². The first-order chi connectivity index (χ1) is 12.3. The summed E-state index contributed by atoms with van der Waals surface area (Å²) in [6.07, 6.45) is -0.961. The number of nitro benzene ring substituents is 1. The van der Waals surface area contributed by atoms with Crippen molar-refractivity contribution in [1.29, 1.82) is 0 Å². The van der Waals surface area contributed by atoms with E-state index in [2.05, 4.69) is 15.3 Å². The number of fused-ring (bicyclic) bond motifs is 1. The lowest BCUT2D eigenvalue weighted by Gasteiger charge is -2.15. The van der Waals surface area contributed by atoms with Gasteiger partial charge in [-0.1, -0.05) is 6.07 Å². The zero-order chi connectivity index (χ0) is 18.8. The van der Waals surface area contributed by atoms with Crippen LogP contribution in [0, 0.1) is 17.0 Å². The number of aromatic amines is 2. The van der Waals surface area contributed by atoms with Crippen molar-refractivity contribution < 1.29 is 14.5 Å². The van der Waals surface area contributed by atoms with Crippen LogP contribution in [0.4, 0.5) is 11.4 Å². The maximum absolute atomic E-state index is 12.3. The van der Waals surface area contributed by atoms with Gasteiger partial charge in [-0.3, -0.25) is 14.9 Å². The lowest BCUT2D eigenvalue weighted by molar-refractivity contribution is -0.386. The van der Waals surface area contributed by atoms with Gasteiger partial charge in [-0.2, -0.15) is 0 Å². The normalized spacial score (nSPS) is 11.9. The van der Waals surface area contributed by atoms with Crippen molar-refractivity contribution in [2.24, 2.45) is 0 Å². The summed E-state index contributed by atoms with van der Waals surface area (Å²) >= 11 is 0. The lowest BCUT2D eigenvalue weighted by atomic mass is 10.2. The second-order valence-corrected chi connectivity index (χ2v) is 5.82. The first-order valence-electron chi connectivity index (χ1n) is 7.78. The molecule has 0 fully saturated rings. The molecule has 3 N–H and O–H groups in total. The highest BCUT2D eigenvalue weighted by Crippen LogP contribution is 2.28. The van der Waals surface area contributed by atoms with Gasteiger partial charge in [0.25, 0.3) is 5.91 Å². The summed E-state index contributed by atoms with van der Waals surface area (Å²) in [4.78, 5) is 39.4. The quantitative estimate of drug-likeness (QED) is 0.477. The van der Waals surface area contributed by atoms with Crippen LogP contribution in [0.25, 0.3) is 11.0 Å². The van der Waals surface area contributed by atoms with Crippen molar-refractivity contribution in [3.8, 4) is 5.75 Å². The number of amides is 1. The van der Waals surface area contributed by atoms with Gasteiger partial charge in [0.2, 0.25) is 0 Å². The molecule has 2 aromatic carbocycles. The van der Waals surface area contributed by atoms with E-state index in [0.717, 1.165) is 5.56 Å². The Morgan fingerprint density at radius 2 is 1.92 bits per heavy atom. The third-order valence-corrected chi connectivity index (χ3v) is 3.77. The van der Waals surface area contributed by atoms with Gasteiger partial charge in [-0.25, -0.2) is 4.79 Å². The van der Waals surface area contributed by atoms with E-state index in [4.69, 9.17) is 4.74 Å². The van der Waals surface area contributed by atoms with Crippen LogP contribution in [0.1, 0.15) is 12.5 Å². The summed E-state index contributed by atoms with van der Waals surface area (Å²) < 4.78 is 5.47. The first kappa shape index (κ1) is 17.2. The van der Waals surface area contributed by atoms with Crippen LogP contribution in [-0.4, -0.2) is 26.9 Å². The summed E-state index contributed by atoms with van der Waals surface area (Å²) in [7, 11) is 0. The molecule has 1 amide bonds. The maximum atomic E-state index is 12.3. The first-order valence-corrected chi connectivity index (χ1v) is 7.78. The summed E-state index contributed by atoms with van der Waals surface area (Å²) in [5, 5.41) is 13.8. The summed E-state index contributed by atoms with van der Waals surface area (Å²) in [5.74, 6) is -0.453. The van der Waals surface area contributed by atoms with E-state index in [0.29, 0.717) is 16.7 Å². The smallest absolute Gasteiger partial charge is 0.323 e. The van der Waals surface area contributed by atoms with Crippen LogP contribution >= 0.6 is 0 Å². The van der Waals surface area contributed by atoms with Crippen molar-refractivity contribution in [2.45, 2.75) is 20.0 Å². The Morgan fingerprint density at radius 1 is 1.19 bits per heavy atom. The number of nitrogens with one attached hydrogen (secondary N) is 3. The molecule has 1 aromatic heterocycles. The zero-order valence-corrected chi connectivity index (χ0v) is 14.0. The van der Waals surface area contributed by atoms with Crippen LogP contribution < -0.4 is 15.7 Å². The zero-order valence-electron chi connectivity index (χ0n) is 14.0. The minimum absolute atomic E-state index is 0.0219. The average molecular weight is 356 g/mol. The number of nitrogens with zero attached hydrogens (tertiary/aromatic N) is 1. The second kappa shape index (κ2) is 6.71. The summed E-state index contributed by atoms with van der Waals surface area (Å²) in [6.45, 7) is 3.23. The van der Waals surface area contributed by atoms with E-state index >= 15 is 0 Å². The summed E-state index contributed by atoms with van der Waals surface area (Å²) in [5.41, 5.74) is 1.81. The molecule has 3 rings (SSSR count). The van der Waals surface area contributed by atoms with E-state index in [1.807, 2.05) is 0 Å². The number of hydrogen-bond donors (Lipinski definition) is 3. The predicted molar refractivity (Wildman–Crippen MR) is 95.5 cm³/mol. The molecule has 0 spiro atoms. The van der Waals surface area contributed by atoms with E-state index in [9.17, 15) is 19.7 Å². The molecule has 0 bridgehead atoms. The number of aryl methyl sites for hydroxylation is 1. The molecule has 26 heavy (non-hydrogen) atoms. The molecule has 1 heterocycles. The number of anilines is 1. The number of rotatable bonds is 5. The average Bonchev–Trinajstić information content (AvgIpc) is 2.95. The monoisotopic (exact) mass is 356 g/mol. The molecule has 9 heteroatoms. The molecule has 0 aliphatic carbocycles. The van der Waals surface area contributed by atoms with Gasteiger partial charge >= 0.3 is 11.4 Å². The van der Waals surface area contributed by atoms with Crippen LogP contribution in [0.5, 0.6) is 5.75 Å². The number of imidazole rings is 1. The fraction of sp³-hybridized carbons (Fsp3) is 0.176. The fourth-order valence-corrected chi connectivity index (χ4v) is 2.47. The molecule has 1 atom stereocenters. The van der Waals surface area contributed by atoms with E-state index < -0.39 is 16.9 Å². The van der Waals surface area contributed by atoms with Crippen molar-refractivity contribution in [3.63, 3.8) is 0 Å². The number of ether oxygens (including phenoxy) is 1. The molecular weight excluding hydrogens is 340 g/mol. The lowest BCUT2D eigenvalue weighted by Crippen LogP contribution is -2.30. The molecule has 9 nitrogen and oxygen atoms in total. The van der Waals surface area contributed by atoms with Crippen LogP contribution in [-0.2, 0) is 4.79 Å². The largest absolute Gasteiger partial charge is 0.474 e.